The van der Waals surface area contributed by atoms with Crippen LogP contribution in [0.5, 0.6) is 0 Å². The van der Waals surface area contributed by atoms with Crippen LogP contribution in [-0.4, -0.2) is 15.8 Å². The van der Waals surface area contributed by atoms with Crippen molar-refractivity contribution in [2.45, 2.75) is 136 Å². The molecule has 0 saturated heterocycles. The molecule has 2 aromatic heterocycles. The molecule has 0 amide bonds. The first kappa shape index (κ1) is 76.2. The molecule has 18 aromatic rings. The second kappa shape index (κ2) is 27.9. The maximum Gasteiger partial charge on any atom is 0.252 e. The lowest BCUT2D eigenvalue weighted by atomic mass is 9.33. The van der Waals surface area contributed by atoms with Gasteiger partial charge in [0.1, 0.15) is 0 Å². The van der Waals surface area contributed by atoms with Gasteiger partial charge in [-0.15, -0.1) is 0 Å². The van der Waals surface area contributed by atoms with Crippen LogP contribution >= 0.6 is 0 Å². The Balaban J connectivity index is 0.916. The Hall–Kier alpha value is -13.2. The summed E-state index contributed by atoms with van der Waals surface area (Å²) < 4.78 is 5.13. The predicted molar refractivity (Wildman–Crippen MR) is 522 cm³/mol. The second-order valence-corrected chi connectivity index (χ2v) is 39.6. The highest BCUT2D eigenvalue weighted by molar-refractivity contribution is 7.00. The number of hydrogen-bond donors (Lipinski definition) is 0. The van der Waals surface area contributed by atoms with E-state index in [4.69, 9.17) is 0 Å². The molecule has 2 aliphatic heterocycles. The van der Waals surface area contributed by atoms with Crippen LogP contribution in [0.4, 0.5) is 34.1 Å². The summed E-state index contributed by atoms with van der Waals surface area (Å²) in [4.78, 5) is 5.51. The number of aromatic nitrogens is 2. The van der Waals surface area contributed by atoms with Crippen LogP contribution in [-0.2, 0) is 32.5 Å². The van der Waals surface area contributed by atoms with Crippen molar-refractivity contribution in [3.8, 4) is 67.0 Å². The van der Waals surface area contributed by atoms with Crippen LogP contribution < -0.4 is 26.2 Å². The molecule has 3 aliphatic rings. The number of rotatable bonds is 10. The number of fused-ring (bicyclic) bond motifs is 13. The van der Waals surface area contributed by atoms with E-state index in [1.165, 1.54) is 110 Å². The van der Waals surface area contributed by atoms with E-state index < -0.39 is 5.41 Å². The number of benzene rings is 16. The van der Waals surface area contributed by atoms with Crippen molar-refractivity contribution in [2.75, 3.05) is 9.80 Å². The highest BCUT2D eigenvalue weighted by atomic mass is 15.2. The number of para-hydroxylation sites is 5. The van der Waals surface area contributed by atoms with Gasteiger partial charge in [-0.2, -0.15) is 0 Å². The molecule has 4 nitrogen and oxygen atoms in total. The summed E-state index contributed by atoms with van der Waals surface area (Å²) in [5.41, 5.74) is 39.2. The molecule has 0 radical (unpaired) electrons. The maximum atomic E-state index is 2.76. The predicted octanol–water partition coefficient (Wildman–Crippen LogP) is 29.5. The topological polar surface area (TPSA) is 16.3 Å². The van der Waals surface area contributed by atoms with Gasteiger partial charge >= 0.3 is 0 Å². The van der Waals surface area contributed by atoms with Gasteiger partial charge in [0.25, 0.3) is 6.71 Å². The van der Waals surface area contributed by atoms with Crippen LogP contribution in [0, 0.1) is 0 Å². The average Bonchev–Trinajstić information content (AvgIpc) is 1.10. The van der Waals surface area contributed by atoms with Gasteiger partial charge in [-0.25, -0.2) is 0 Å². The summed E-state index contributed by atoms with van der Waals surface area (Å²) in [5, 5.41) is 4.87. The lowest BCUT2D eigenvalue weighted by Gasteiger charge is -2.46. The Morgan fingerprint density at radius 3 is 0.934 bits per heavy atom. The molecular formula is C117H103BN4. The van der Waals surface area contributed by atoms with Crippen LogP contribution in [0.3, 0.4) is 0 Å². The van der Waals surface area contributed by atoms with E-state index >= 15 is 0 Å². The molecule has 21 rings (SSSR count). The van der Waals surface area contributed by atoms with Crippen molar-refractivity contribution in [2.24, 2.45) is 0 Å². The van der Waals surface area contributed by atoms with E-state index in [2.05, 4.69) is 475 Å². The molecule has 0 unspecified atom stereocenters. The maximum absolute atomic E-state index is 2.76. The first-order valence-electron chi connectivity index (χ1n) is 43.7. The molecule has 0 N–H and O–H groups in total. The molecule has 122 heavy (non-hydrogen) atoms. The lowest BCUT2D eigenvalue weighted by molar-refractivity contribution is 0.590. The summed E-state index contributed by atoms with van der Waals surface area (Å²) in [5.74, 6) is 0. The molecular weight excluding hydrogens is 1470 g/mol. The Labute approximate surface area is 720 Å². The average molecular weight is 1580 g/mol. The standard InChI is InChI=1S/C117H103BN4/c1-112(2,3)78-56-48-74(49-57-78)87-40-30-41-88(75-50-58-79(59-51-75)113(4,5)6)110(87)121-105-70-85(119-101-45-27-23-37-92(101)93-38-24-28-46-102(93)119)64-66-99(105)118-100-67-65-86(120-103-47-29-25-39-94(103)96-72-95-91-36-22-26-44-97(91)117(98(95)73-104(96)120,82-32-18-16-19-33-82)83-34-20-17-21-35-83)71-106(100)122(108-69-84(116(13,14)15)68-107(121)109(108)118)111-89(76-52-60-80(61-53-76)114(7,8)9)42-31-43-90(111)77-54-62-81(63-55-77)115(10,11)12/h16-73H,1-15H3. The van der Waals surface area contributed by atoms with E-state index in [0.717, 1.165) is 101 Å². The summed E-state index contributed by atoms with van der Waals surface area (Å²) in [6.07, 6.45) is 0. The van der Waals surface area contributed by atoms with E-state index in [9.17, 15) is 0 Å². The fraction of sp³-hybridized carbons (Fsp3) is 0.179. The number of hydrogen-bond acceptors (Lipinski definition) is 2. The fourth-order valence-electron chi connectivity index (χ4n) is 20.6. The molecule has 594 valence electrons. The Morgan fingerprint density at radius 1 is 0.230 bits per heavy atom. The summed E-state index contributed by atoms with van der Waals surface area (Å²) in [6.45, 7) is 34.8. The minimum absolute atomic E-state index is 0.0590. The Bertz CT molecular complexity index is 6980. The van der Waals surface area contributed by atoms with Crippen LogP contribution in [0.1, 0.15) is 154 Å². The van der Waals surface area contributed by atoms with Crippen molar-refractivity contribution in [3.05, 3.63) is 402 Å². The minimum atomic E-state index is -0.627. The van der Waals surface area contributed by atoms with E-state index in [1.54, 1.807) is 0 Å². The third-order valence-corrected chi connectivity index (χ3v) is 27.0. The molecule has 0 saturated carbocycles. The van der Waals surface area contributed by atoms with E-state index in [1.807, 2.05) is 0 Å². The normalized spacial score (nSPS) is 13.7. The molecule has 1 aliphatic carbocycles. The van der Waals surface area contributed by atoms with Crippen LogP contribution in [0.15, 0.2) is 352 Å². The van der Waals surface area contributed by atoms with E-state index in [0.29, 0.717) is 0 Å². The third kappa shape index (κ3) is 12.1. The van der Waals surface area contributed by atoms with Gasteiger partial charge < -0.3 is 18.9 Å². The highest BCUT2D eigenvalue weighted by Crippen LogP contribution is 2.60. The first-order chi connectivity index (χ1) is 58.7. The van der Waals surface area contributed by atoms with Crippen molar-refractivity contribution in [1.29, 1.82) is 0 Å². The summed E-state index contributed by atoms with van der Waals surface area (Å²) in [6, 6.07) is 137. The molecule has 0 bridgehead atoms. The highest BCUT2D eigenvalue weighted by Gasteiger charge is 2.49. The molecule has 0 atom stereocenters. The van der Waals surface area contributed by atoms with E-state index in [-0.39, 0.29) is 33.8 Å². The SMILES string of the molecule is CC(C)(C)c1ccc(-c2cccc(-c3ccc(C(C)(C)C)cc3)c2N2c3cc(-n4c5ccccc5c5ccccc54)ccc3B3c4ccc(-n5c6ccccc6c6cc7c(cc65)C(c5ccccc5)(c5ccccc5)c5ccccc5-7)cc4N(c4c(-c5ccc(C(C)(C)C)cc5)cccc4-c4ccc(C(C)(C)C)cc4)c4cc(C(C)(C)C)cc2c43)cc1. The van der Waals surface area contributed by atoms with Gasteiger partial charge in [-0.05, 0) is 194 Å². The molecule has 0 fully saturated rings. The van der Waals surface area contributed by atoms with Crippen molar-refractivity contribution < 1.29 is 0 Å². The Kier molecular flexibility index (Phi) is 17.4. The third-order valence-electron chi connectivity index (χ3n) is 27.0. The molecule has 5 heteroatoms. The van der Waals surface area contributed by atoms with Gasteiger partial charge in [0.15, 0.2) is 0 Å². The van der Waals surface area contributed by atoms with Gasteiger partial charge in [0, 0.05) is 77.9 Å². The van der Waals surface area contributed by atoms with Crippen LogP contribution in [0.2, 0.25) is 0 Å². The zero-order chi connectivity index (χ0) is 83.8. The van der Waals surface area contributed by atoms with Gasteiger partial charge in [0.05, 0.1) is 38.9 Å². The second-order valence-electron chi connectivity index (χ2n) is 39.6. The summed E-state index contributed by atoms with van der Waals surface area (Å²) in [7, 11) is 0. The summed E-state index contributed by atoms with van der Waals surface area (Å²) >= 11 is 0. The van der Waals surface area contributed by atoms with Gasteiger partial charge in [-0.1, -0.05) is 389 Å². The smallest absolute Gasteiger partial charge is 0.252 e. The fourth-order valence-corrected chi connectivity index (χ4v) is 20.6. The van der Waals surface area contributed by atoms with Crippen molar-refractivity contribution in [1.82, 2.24) is 9.13 Å². The monoisotopic (exact) mass is 1570 g/mol. The lowest BCUT2D eigenvalue weighted by Crippen LogP contribution is -2.61. The zero-order valence-electron chi connectivity index (χ0n) is 72.9. The minimum Gasteiger partial charge on any atom is -0.310 e. The molecule has 4 heterocycles. The number of nitrogens with zero attached hydrogens (tertiary/aromatic N) is 4. The largest absolute Gasteiger partial charge is 0.310 e. The first-order valence-corrected chi connectivity index (χ1v) is 43.7. The van der Waals surface area contributed by atoms with Crippen molar-refractivity contribution in [3.63, 3.8) is 0 Å². The molecule has 0 spiro atoms. The molecule has 16 aromatic carbocycles. The van der Waals surface area contributed by atoms with Crippen molar-refractivity contribution >= 4 is 101 Å². The van der Waals surface area contributed by atoms with Gasteiger partial charge in [0.2, 0.25) is 0 Å². The van der Waals surface area contributed by atoms with Crippen LogP contribution in [0.25, 0.3) is 111 Å². The zero-order valence-corrected chi connectivity index (χ0v) is 72.9. The van der Waals surface area contributed by atoms with Gasteiger partial charge in [-0.3, -0.25) is 0 Å². The Morgan fingerprint density at radius 2 is 0.557 bits per heavy atom. The quantitative estimate of drug-likeness (QED) is 0.127. The number of anilines is 6.